The first kappa shape index (κ1) is 23.4. The molecule has 0 bridgehead atoms. The van der Waals surface area contributed by atoms with Gasteiger partial charge in [0.25, 0.3) is 11.8 Å². The van der Waals surface area contributed by atoms with Gasteiger partial charge in [0.2, 0.25) is 0 Å². The van der Waals surface area contributed by atoms with Gasteiger partial charge in [0.15, 0.2) is 0 Å². The fraction of sp³-hybridized carbons (Fsp3) is 0.240. The Labute approximate surface area is 191 Å². The Bertz CT molecular complexity index is 1140. The van der Waals surface area contributed by atoms with E-state index in [0.717, 1.165) is 4.90 Å². The number of hydrogen-bond acceptors (Lipinski definition) is 7. The second kappa shape index (κ2) is 10.4. The highest BCUT2D eigenvalue weighted by molar-refractivity contribution is 6.34. The minimum atomic E-state index is -0.781. The number of esters is 1. The molecule has 0 saturated carbocycles. The molecule has 0 aromatic heterocycles. The Kier molecular flexibility index (Phi) is 7.34. The van der Waals surface area contributed by atoms with Crippen LogP contribution in [-0.2, 0) is 4.74 Å². The van der Waals surface area contributed by atoms with E-state index in [2.05, 4.69) is 11.8 Å². The largest absolute Gasteiger partial charge is 0.481 e. The lowest BCUT2D eigenvalue weighted by Crippen LogP contribution is -2.29. The van der Waals surface area contributed by atoms with Crippen LogP contribution in [0.3, 0.4) is 0 Å². The Hall–Kier alpha value is -4.27. The number of anilines is 1. The van der Waals surface area contributed by atoms with Gasteiger partial charge in [0.1, 0.15) is 31.3 Å². The van der Waals surface area contributed by atoms with Gasteiger partial charge in [0.05, 0.1) is 28.5 Å². The second-order valence-electron chi connectivity index (χ2n) is 7.01. The highest BCUT2D eigenvalue weighted by Gasteiger charge is 2.37. The van der Waals surface area contributed by atoms with E-state index in [0.29, 0.717) is 6.42 Å². The first-order chi connectivity index (χ1) is 15.9. The normalized spacial score (nSPS) is 13.0. The van der Waals surface area contributed by atoms with Gasteiger partial charge in [0, 0.05) is 18.2 Å². The summed E-state index contributed by atoms with van der Waals surface area (Å²) >= 11 is 0. The van der Waals surface area contributed by atoms with E-state index < -0.39 is 23.9 Å². The van der Waals surface area contributed by atoms with Crippen LogP contribution in [-0.4, -0.2) is 48.8 Å². The number of nitrogens with zero attached hydrogens (tertiary/aromatic N) is 1. The molecule has 2 aromatic rings. The topological polar surface area (TPSA) is 102 Å². The van der Waals surface area contributed by atoms with E-state index >= 15 is 0 Å². The molecule has 2 aromatic carbocycles. The van der Waals surface area contributed by atoms with Crippen LogP contribution in [0.15, 0.2) is 36.4 Å². The van der Waals surface area contributed by atoms with Gasteiger partial charge in [-0.15, -0.1) is 12.8 Å². The van der Waals surface area contributed by atoms with E-state index in [1.165, 1.54) is 36.4 Å². The van der Waals surface area contributed by atoms with Crippen LogP contribution >= 0.6 is 0 Å². The predicted octanol–water partition coefficient (Wildman–Crippen LogP) is 2.44. The number of aliphatic hydroxyl groups excluding tert-OH is 1. The summed E-state index contributed by atoms with van der Waals surface area (Å²) in [5, 5.41) is 9.57. The van der Waals surface area contributed by atoms with Crippen molar-refractivity contribution in [3.63, 3.8) is 0 Å². The van der Waals surface area contributed by atoms with Gasteiger partial charge in [-0.05, 0) is 24.6 Å². The van der Waals surface area contributed by atoms with Gasteiger partial charge in [-0.25, -0.2) is 9.69 Å². The molecule has 0 spiro atoms. The summed E-state index contributed by atoms with van der Waals surface area (Å²) in [4.78, 5) is 39.4. The zero-order chi connectivity index (χ0) is 24.0. The maximum Gasteiger partial charge on any atom is 0.338 e. The van der Waals surface area contributed by atoms with E-state index in [-0.39, 0.29) is 53.7 Å². The number of ether oxygens (including phenoxy) is 3. The minimum absolute atomic E-state index is 0.0294. The van der Waals surface area contributed by atoms with Crippen LogP contribution in [0.2, 0.25) is 0 Å². The lowest BCUT2D eigenvalue weighted by atomic mass is 10.1. The quantitative estimate of drug-likeness (QED) is 0.358. The molecule has 168 valence electrons. The van der Waals surface area contributed by atoms with E-state index in [1.54, 1.807) is 6.92 Å². The smallest absolute Gasteiger partial charge is 0.338 e. The molecule has 2 amide bonds. The molecule has 1 unspecified atom stereocenters. The Morgan fingerprint density at radius 1 is 1.00 bits per heavy atom. The predicted molar refractivity (Wildman–Crippen MR) is 119 cm³/mol. The molecule has 1 N–H and O–H groups in total. The monoisotopic (exact) mass is 447 g/mol. The average molecular weight is 447 g/mol. The Morgan fingerprint density at radius 2 is 1.61 bits per heavy atom. The van der Waals surface area contributed by atoms with Crippen molar-refractivity contribution in [2.24, 2.45) is 0 Å². The molecule has 1 atom stereocenters. The molecular weight excluding hydrogens is 426 g/mol. The summed E-state index contributed by atoms with van der Waals surface area (Å²) in [7, 11) is 0. The minimum Gasteiger partial charge on any atom is -0.481 e. The van der Waals surface area contributed by atoms with Crippen molar-refractivity contribution in [2.45, 2.75) is 19.4 Å². The van der Waals surface area contributed by atoms with E-state index in [1.807, 2.05) is 0 Å². The number of terminal acetylenes is 2. The molecule has 1 aliphatic heterocycles. The van der Waals surface area contributed by atoms with E-state index in [9.17, 15) is 19.5 Å². The zero-order valence-electron chi connectivity index (χ0n) is 17.9. The van der Waals surface area contributed by atoms with Gasteiger partial charge in [-0.3, -0.25) is 9.59 Å². The highest BCUT2D eigenvalue weighted by atomic mass is 16.5. The summed E-state index contributed by atoms with van der Waals surface area (Å²) in [5.41, 5.74) is 0.458. The van der Waals surface area contributed by atoms with Crippen molar-refractivity contribution in [1.29, 1.82) is 0 Å². The number of imide groups is 1. The van der Waals surface area contributed by atoms with Crippen LogP contribution in [0.1, 0.15) is 44.4 Å². The van der Waals surface area contributed by atoms with Crippen molar-refractivity contribution in [1.82, 2.24) is 0 Å². The molecule has 0 radical (unpaired) electrons. The number of hydrogen-bond donors (Lipinski definition) is 1. The Morgan fingerprint density at radius 3 is 2.18 bits per heavy atom. The number of carbonyl (C=O) groups is 3. The standard InChI is InChI=1S/C25H21NO7/c1-4-9-31-19-12-17(13-20(14-19)32-10-5-2)26-23(28)21-8-7-16(11-22(21)24(26)29)25(30)33-15-18(27)6-3/h1-2,7-8,11-14,18,27H,6,9-10,15H2,3H3. The second-order valence-corrected chi connectivity index (χ2v) is 7.01. The first-order valence-electron chi connectivity index (χ1n) is 10.0. The number of amides is 2. The molecule has 8 nitrogen and oxygen atoms in total. The van der Waals surface area contributed by atoms with Crippen LogP contribution in [0, 0.1) is 24.7 Å². The van der Waals surface area contributed by atoms with Crippen LogP contribution < -0.4 is 14.4 Å². The summed E-state index contributed by atoms with van der Waals surface area (Å²) in [6.45, 7) is 1.52. The summed E-state index contributed by atoms with van der Waals surface area (Å²) in [6, 6.07) is 8.56. The van der Waals surface area contributed by atoms with E-state index in [4.69, 9.17) is 27.1 Å². The van der Waals surface area contributed by atoms with Crippen molar-refractivity contribution >= 4 is 23.5 Å². The first-order valence-corrected chi connectivity index (χ1v) is 10.0. The fourth-order valence-corrected chi connectivity index (χ4v) is 3.08. The summed E-state index contributed by atoms with van der Waals surface area (Å²) in [6.07, 6.45) is 10.1. The maximum atomic E-state index is 13.1. The van der Waals surface area contributed by atoms with Crippen LogP contribution in [0.4, 0.5) is 5.69 Å². The third-order valence-electron chi connectivity index (χ3n) is 4.77. The third kappa shape index (κ3) is 5.15. The number of rotatable bonds is 9. The molecular formula is C25H21NO7. The summed E-state index contributed by atoms with van der Waals surface area (Å²) in [5.74, 6) is 3.33. The van der Waals surface area contributed by atoms with Crippen molar-refractivity contribution in [3.8, 4) is 36.2 Å². The molecule has 1 aliphatic rings. The van der Waals surface area contributed by atoms with Crippen molar-refractivity contribution in [3.05, 3.63) is 53.1 Å². The maximum absolute atomic E-state index is 13.1. The number of aliphatic hydroxyl groups is 1. The molecule has 0 aliphatic carbocycles. The molecule has 0 saturated heterocycles. The summed E-state index contributed by atoms with van der Waals surface area (Å²) < 4.78 is 15.9. The van der Waals surface area contributed by atoms with Crippen LogP contribution in [0.25, 0.3) is 0 Å². The molecule has 33 heavy (non-hydrogen) atoms. The van der Waals surface area contributed by atoms with Gasteiger partial charge < -0.3 is 19.3 Å². The SMILES string of the molecule is C#CCOc1cc(OCC#C)cc(N2C(=O)c3ccc(C(=O)OCC(O)CC)cc3C2=O)c1. The molecule has 8 heteroatoms. The number of carbonyl (C=O) groups excluding carboxylic acids is 3. The fourth-order valence-electron chi connectivity index (χ4n) is 3.08. The zero-order valence-corrected chi connectivity index (χ0v) is 17.9. The van der Waals surface area contributed by atoms with Gasteiger partial charge >= 0.3 is 5.97 Å². The van der Waals surface area contributed by atoms with Gasteiger partial charge in [-0.2, -0.15) is 0 Å². The van der Waals surface area contributed by atoms with Crippen molar-refractivity contribution in [2.75, 3.05) is 24.7 Å². The molecule has 3 rings (SSSR count). The third-order valence-corrected chi connectivity index (χ3v) is 4.77. The average Bonchev–Trinajstić information content (AvgIpc) is 3.08. The molecule has 1 heterocycles. The van der Waals surface area contributed by atoms with Crippen molar-refractivity contribution < 1.29 is 33.7 Å². The van der Waals surface area contributed by atoms with Crippen LogP contribution in [0.5, 0.6) is 11.5 Å². The lowest BCUT2D eigenvalue weighted by molar-refractivity contribution is 0.0250. The Balaban J connectivity index is 1.91. The highest BCUT2D eigenvalue weighted by Crippen LogP contribution is 2.34. The van der Waals surface area contributed by atoms with Gasteiger partial charge in [-0.1, -0.05) is 18.8 Å². The number of fused-ring (bicyclic) bond motifs is 1. The molecule has 0 fully saturated rings. The number of benzene rings is 2. The lowest BCUT2D eigenvalue weighted by Gasteiger charge is -2.17.